The maximum Gasteiger partial charge on any atom is 0.306 e. The van der Waals surface area contributed by atoms with Gasteiger partial charge in [0.2, 0.25) is 0 Å². The minimum Gasteiger partial charge on any atom is -0.457 e. The van der Waals surface area contributed by atoms with Gasteiger partial charge in [-0.1, -0.05) is 90.2 Å². The van der Waals surface area contributed by atoms with Crippen LogP contribution in [-0.2, 0) is 14.3 Å². The maximum absolute atomic E-state index is 11.6. The van der Waals surface area contributed by atoms with Gasteiger partial charge in [-0.15, -0.1) is 0 Å². The molecule has 4 nitrogen and oxygen atoms in total. The lowest BCUT2D eigenvalue weighted by atomic mass is 10.1. The van der Waals surface area contributed by atoms with E-state index in [1.807, 2.05) is 6.92 Å². The van der Waals surface area contributed by atoms with E-state index in [0.29, 0.717) is 19.6 Å². The molecule has 0 aromatic carbocycles. The van der Waals surface area contributed by atoms with Gasteiger partial charge in [-0.2, -0.15) is 0 Å². The summed E-state index contributed by atoms with van der Waals surface area (Å²) in [5.41, 5.74) is 0. The van der Waals surface area contributed by atoms with E-state index < -0.39 is 6.10 Å². The monoisotopic (exact) mass is 426 g/mol. The van der Waals surface area contributed by atoms with Gasteiger partial charge in [-0.05, 0) is 38.5 Å². The second-order valence-corrected chi connectivity index (χ2v) is 8.41. The van der Waals surface area contributed by atoms with Gasteiger partial charge < -0.3 is 14.6 Å². The molecule has 0 bridgehead atoms. The fraction of sp³-hybridized carbons (Fsp3) is 0.885. The number of aliphatic hydroxyl groups excluding tert-OH is 1. The number of rotatable bonds is 23. The van der Waals surface area contributed by atoms with Crippen LogP contribution in [0.25, 0.3) is 0 Å². The van der Waals surface area contributed by atoms with E-state index in [4.69, 9.17) is 9.47 Å². The minimum atomic E-state index is -0.525. The molecule has 1 N–H and O–H groups in total. The van der Waals surface area contributed by atoms with E-state index in [9.17, 15) is 9.90 Å². The molecule has 178 valence electrons. The number of esters is 1. The number of hydrogen-bond donors (Lipinski definition) is 1. The van der Waals surface area contributed by atoms with Crippen LogP contribution in [0.1, 0.15) is 123 Å². The number of aliphatic hydroxyl groups is 1. The highest BCUT2D eigenvalue weighted by atomic mass is 16.6. The lowest BCUT2D eigenvalue weighted by Gasteiger charge is -2.15. The summed E-state index contributed by atoms with van der Waals surface area (Å²) in [5, 5.41) is 9.28. The summed E-state index contributed by atoms with van der Waals surface area (Å²) >= 11 is 0. The third-order valence-electron chi connectivity index (χ3n) is 5.34. The quantitative estimate of drug-likeness (QED) is 0.107. The standard InChI is InChI=1S/C26H50O4/c1-3-5-7-8-9-10-11-12-13-14-15-16-17-18-19-20-22-29-24-25(23-27)30-26(28)21-6-4-2/h12-13,25,27H,3-11,14-24H2,1-2H3/b13-12-. The Kier molecular flexibility index (Phi) is 23.7. The maximum atomic E-state index is 11.6. The van der Waals surface area contributed by atoms with E-state index in [-0.39, 0.29) is 12.6 Å². The Morgan fingerprint density at radius 2 is 1.30 bits per heavy atom. The van der Waals surface area contributed by atoms with E-state index in [1.165, 1.54) is 83.5 Å². The molecular weight excluding hydrogens is 376 g/mol. The molecule has 0 amide bonds. The summed E-state index contributed by atoms with van der Waals surface area (Å²) in [7, 11) is 0. The van der Waals surface area contributed by atoms with E-state index in [0.717, 1.165) is 19.3 Å². The first-order valence-corrected chi connectivity index (χ1v) is 12.8. The zero-order valence-electron chi connectivity index (χ0n) is 20.0. The Morgan fingerprint density at radius 1 is 0.767 bits per heavy atom. The molecule has 0 aromatic rings. The van der Waals surface area contributed by atoms with Gasteiger partial charge in [0.1, 0.15) is 6.10 Å². The lowest BCUT2D eigenvalue weighted by Crippen LogP contribution is -2.27. The second kappa shape index (κ2) is 24.4. The molecule has 0 aliphatic heterocycles. The van der Waals surface area contributed by atoms with Gasteiger partial charge in [0.15, 0.2) is 0 Å². The molecule has 0 aliphatic carbocycles. The van der Waals surface area contributed by atoms with Crippen molar-refractivity contribution in [3.05, 3.63) is 12.2 Å². The van der Waals surface area contributed by atoms with Crippen LogP contribution in [0.5, 0.6) is 0 Å². The highest BCUT2D eigenvalue weighted by Gasteiger charge is 2.13. The Morgan fingerprint density at radius 3 is 1.87 bits per heavy atom. The first kappa shape index (κ1) is 29.1. The Bertz CT molecular complexity index is 381. The van der Waals surface area contributed by atoms with Crippen molar-refractivity contribution >= 4 is 5.97 Å². The molecular formula is C26H50O4. The van der Waals surface area contributed by atoms with Crippen molar-refractivity contribution in [2.45, 2.75) is 129 Å². The number of carbonyl (C=O) groups excluding carboxylic acids is 1. The highest BCUT2D eigenvalue weighted by molar-refractivity contribution is 5.69. The summed E-state index contributed by atoms with van der Waals surface area (Å²) in [4.78, 5) is 11.6. The van der Waals surface area contributed by atoms with Crippen molar-refractivity contribution in [3.8, 4) is 0 Å². The van der Waals surface area contributed by atoms with Crippen LogP contribution in [0.15, 0.2) is 12.2 Å². The fourth-order valence-electron chi connectivity index (χ4n) is 3.36. The molecule has 0 fully saturated rings. The predicted molar refractivity (Wildman–Crippen MR) is 127 cm³/mol. The summed E-state index contributed by atoms with van der Waals surface area (Å²) in [5.74, 6) is -0.239. The topological polar surface area (TPSA) is 55.8 Å². The van der Waals surface area contributed by atoms with Crippen LogP contribution >= 0.6 is 0 Å². The van der Waals surface area contributed by atoms with Crippen LogP contribution in [0.4, 0.5) is 0 Å². The molecule has 30 heavy (non-hydrogen) atoms. The number of ether oxygens (including phenoxy) is 2. The lowest BCUT2D eigenvalue weighted by molar-refractivity contribution is -0.154. The molecule has 0 radical (unpaired) electrons. The smallest absolute Gasteiger partial charge is 0.306 e. The van der Waals surface area contributed by atoms with Crippen LogP contribution in [0.3, 0.4) is 0 Å². The fourth-order valence-corrected chi connectivity index (χ4v) is 3.36. The zero-order valence-corrected chi connectivity index (χ0v) is 20.0. The first-order valence-electron chi connectivity index (χ1n) is 12.8. The average molecular weight is 427 g/mol. The van der Waals surface area contributed by atoms with Crippen molar-refractivity contribution in [2.75, 3.05) is 19.8 Å². The molecule has 0 spiro atoms. The van der Waals surface area contributed by atoms with Crippen molar-refractivity contribution in [2.24, 2.45) is 0 Å². The first-order chi connectivity index (χ1) is 14.7. The van der Waals surface area contributed by atoms with E-state index >= 15 is 0 Å². The number of carbonyl (C=O) groups is 1. The molecule has 0 rings (SSSR count). The summed E-state index contributed by atoms with van der Waals surface area (Å²) < 4.78 is 10.8. The predicted octanol–water partition coefficient (Wildman–Crippen LogP) is 7.13. The van der Waals surface area contributed by atoms with Gasteiger partial charge >= 0.3 is 5.97 Å². The molecule has 0 heterocycles. The van der Waals surface area contributed by atoms with Crippen LogP contribution in [-0.4, -0.2) is 37.0 Å². The van der Waals surface area contributed by atoms with Gasteiger partial charge in [0.25, 0.3) is 0 Å². The number of unbranched alkanes of at least 4 members (excludes halogenated alkanes) is 13. The molecule has 1 atom stereocenters. The van der Waals surface area contributed by atoms with E-state index in [2.05, 4.69) is 19.1 Å². The number of allylic oxidation sites excluding steroid dienone is 2. The zero-order chi connectivity index (χ0) is 22.1. The van der Waals surface area contributed by atoms with Crippen LogP contribution in [0.2, 0.25) is 0 Å². The van der Waals surface area contributed by atoms with Crippen molar-refractivity contribution in [1.82, 2.24) is 0 Å². The van der Waals surface area contributed by atoms with Gasteiger partial charge in [0, 0.05) is 13.0 Å². The van der Waals surface area contributed by atoms with Crippen LogP contribution < -0.4 is 0 Å². The molecule has 1 unspecified atom stereocenters. The normalized spacial score (nSPS) is 12.5. The van der Waals surface area contributed by atoms with Crippen molar-refractivity contribution in [1.29, 1.82) is 0 Å². The minimum absolute atomic E-state index is 0.175. The van der Waals surface area contributed by atoms with Gasteiger partial charge in [0.05, 0.1) is 13.2 Å². The van der Waals surface area contributed by atoms with Gasteiger partial charge in [-0.25, -0.2) is 0 Å². The Labute approximate surface area is 186 Å². The highest BCUT2D eigenvalue weighted by Crippen LogP contribution is 2.10. The number of hydrogen-bond acceptors (Lipinski definition) is 4. The van der Waals surface area contributed by atoms with Crippen molar-refractivity contribution < 1.29 is 19.4 Å². The van der Waals surface area contributed by atoms with Crippen LogP contribution in [0, 0.1) is 0 Å². The summed E-state index contributed by atoms with van der Waals surface area (Å²) in [6.45, 7) is 5.09. The molecule has 0 aromatic heterocycles. The summed E-state index contributed by atoms with van der Waals surface area (Å²) in [6.07, 6.45) is 24.5. The molecule has 0 aliphatic rings. The Balaban J connectivity index is 3.33. The third-order valence-corrected chi connectivity index (χ3v) is 5.34. The summed E-state index contributed by atoms with van der Waals surface area (Å²) in [6, 6.07) is 0. The Hall–Kier alpha value is -0.870. The van der Waals surface area contributed by atoms with E-state index in [1.54, 1.807) is 0 Å². The average Bonchev–Trinajstić information content (AvgIpc) is 2.76. The van der Waals surface area contributed by atoms with Gasteiger partial charge in [-0.3, -0.25) is 4.79 Å². The SMILES string of the molecule is CCCCCCCC/C=C\CCCCCCCCOCC(CO)OC(=O)CCCC. The molecule has 4 heteroatoms. The second-order valence-electron chi connectivity index (χ2n) is 8.41. The molecule has 0 saturated heterocycles. The molecule has 0 saturated carbocycles. The largest absolute Gasteiger partial charge is 0.457 e. The van der Waals surface area contributed by atoms with Crippen molar-refractivity contribution in [3.63, 3.8) is 0 Å². The third kappa shape index (κ3) is 21.8.